The average Bonchev–Trinajstić information content (AvgIpc) is 2.74. The second-order valence-electron chi connectivity index (χ2n) is 7.74. The minimum absolute atomic E-state index is 0.133. The number of nitrogens with two attached hydrogens (primary N) is 2. The number of hydrogen-bond donors (Lipinski definition) is 3. The van der Waals surface area contributed by atoms with Gasteiger partial charge in [0.2, 0.25) is 11.9 Å². The molecule has 5 N–H and O–H groups in total. The van der Waals surface area contributed by atoms with Crippen LogP contribution in [0.3, 0.4) is 0 Å². The van der Waals surface area contributed by atoms with E-state index in [-0.39, 0.29) is 36.5 Å². The van der Waals surface area contributed by atoms with Gasteiger partial charge in [-0.2, -0.15) is 0 Å². The lowest BCUT2D eigenvalue weighted by atomic mass is 10.1. The van der Waals surface area contributed by atoms with Gasteiger partial charge in [-0.05, 0) is 32.3 Å². The van der Waals surface area contributed by atoms with Gasteiger partial charge in [-0.1, -0.05) is 29.8 Å². The normalized spacial score (nSPS) is 16.2. The van der Waals surface area contributed by atoms with Gasteiger partial charge in [0.1, 0.15) is 6.54 Å². The van der Waals surface area contributed by atoms with E-state index in [0.29, 0.717) is 31.6 Å². The predicted molar refractivity (Wildman–Crippen MR) is 118 cm³/mol. The van der Waals surface area contributed by atoms with E-state index in [0.717, 1.165) is 5.56 Å². The molecule has 1 unspecified atom stereocenters. The van der Waals surface area contributed by atoms with E-state index >= 15 is 0 Å². The molecule has 0 spiro atoms. The van der Waals surface area contributed by atoms with Crippen LogP contribution in [0.15, 0.2) is 35.3 Å². The molecule has 1 saturated heterocycles. The molecule has 1 aliphatic rings. The maximum atomic E-state index is 13.2. The Hall–Kier alpha value is -3.40. The zero-order chi connectivity index (χ0) is 22.5. The van der Waals surface area contributed by atoms with Gasteiger partial charge >= 0.3 is 0 Å². The van der Waals surface area contributed by atoms with Crippen LogP contribution in [0.25, 0.3) is 0 Å². The number of nitrogens with zero attached hydrogens (tertiary/aromatic N) is 4. The highest BCUT2D eigenvalue weighted by Gasteiger charge is 2.29. The number of hydroxylamine groups is 2. The summed E-state index contributed by atoms with van der Waals surface area (Å²) in [6.07, 6.45) is 2.92. The highest BCUT2D eigenvalue weighted by atomic mass is 16.7. The van der Waals surface area contributed by atoms with E-state index < -0.39 is 5.91 Å². The summed E-state index contributed by atoms with van der Waals surface area (Å²) < 4.78 is 1.34. The number of guanidine groups is 1. The number of carbonyl (C=O) groups is 1. The Bertz CT molecular complexity index is 995. The Morgan fingerprint density at radius 3 is 2.58 bits per heavy atom. The van der Waals surface area contributed by atoms with E-state index in [4.69, 9.17) is 21.7 Å². The first-order valence-corrected chi connectivity index (χ1v) is 10.2. The molecule has 166 valence electrons. The van der Waals surface area contributed by atoms with Crippen LogP contribution in [0.2, 0.25) is 0 Å². The molecule has 10 heteroatoms. The van der Waals surface area contributed by atoms with Gasteiger partial charge in [0, 0.05) is 18.4 Å². The standard InChI is InChI=1S/C21H29N7O3/c1-14-3-5-16(6-4-14)7-9-26(17-8-10-28(21(23)24)31-13-17)19-20(30)27(12-18(22)29)15(2)11-25-19/h3-6,11,17H,7-10,12-13H2,1-2H3,(H2,22,29)(H3,23,24). The molecular weight excluding hydrogens is 398 g/mol. The second-order valence-corrected chi connectivity index (χ2v) is 7.74. The van der Waals surface area contributed by atoms with Crippen LogP contribution in [0.1, 0.15) is 23.2 Å². The molecule has 0 radical (unpaired) electrons. The Balaban J connectivity index is 1.90. The number of amides is 1. The summed E-state index contributed by atoms with van der Waals surface area (Å²) in [5, 5.41) is 8.88. The molecule has 0 aliphatic carbocycles. The minimum Gasteiger partial charge on any atom is -0.368 e. The van der Waals surface area contributed by atoms with Crippen LogP contribution < -0.4 is 21.9 Å². The topological polar surface area (TPSA) is 144 Å². The quantitative estimate of drug-likeness (QED) is 0.426. The van der Waals surface area contributed by atoms with Crippen molar-refractivity contribution in [2.75, 3.05) is 24.6 Å². The molecule has 1 aromatic carbocycles. The fraction of sp³-hybridized carbons (Fsp3) is 0.429. The SMILES string of the molecule is Cc1ccc(CCN(c2ncc(C)n(CC(N)=O)c2=O)C2CCN(C(=N)N)OC2)cc1. The van der Waals surface area contributed by atoms with Crippen molar-refractivity contribution < 1.29 is 9.63 Å². The number of aryl methyl sites for hydroxylation is 2. The van der Waals surface area contributed by atoms with Crippen molar-refractivity contribution in [2.45, 2.75) is 39.3 Å². The minimum atomic E-state index is -0.591. The first kappa shape index (κ1) is 22.3. The number of benzene rings is 1. The van der Waals surface area contributed by atoms with Gasteiger partial charge in [0.05, 0.1) is 19.2 Å². The van der Waals surface area contributed by atoms with Crippen molar-refractivity contribution in [1.82, 2.24) is 14.6 Å². The lowest BCUT2D eigenvalue weighted by Crippen LogP contribution is -2.52. The predicted octanol–water partition coefficient (Wildman–Crippen LogP) is 0.294. The molecule has 1 amide bonds. The Kier molecular flexibility index (Phi) is 6.91. The molecular formula is C21H29N7O3. The molecule has 2 heterocycles. The molecule has 1 aromatic heterocycles. The zero-order valence-electron chi connectivity index (χ0n) is 17.9. The number of anilines is 1. The van der Waals surface area contributed by atoms with Crippen molar-refractivity contribution in [1.29, 1.82) is 5.41 Å². The molecule has 3 rings (SSSR count). The first-order chi connectivity index (χ1) is 14.8. The fourth-order valence-electron chi connectivity index (χ4n) is 3.60. The maximum Gasteiger partial charge on any atom is 0.294 e. The van der Waals surface area contributed by atoms with Crippen LogP contribution in [0.4, 0.5) is 5.82 Å². The molecule has 2 aromatic rings. The van der Waals surface area contributed by atoms with Crippen molar-refractivity contribution in [3.8, 4) is 0 Å². The number of primary amides is 1. The van der Waals surface area contributed by atoms with Gasteiger partial charge in [-0.3, -0.25) is 24.4 Å². The molecule has 0 bridgehead atoms. The third kappa shape index (κ3) is 5.40. The Morgan fingerprint density at radius 2 is 2.00 bits per heavy atom. The lowest BCUT2D eigenvalue weighted by molar-refractivity contribution is -0.132. The fourth-order valence-corrected chi connectivity index (χ4v) is 3.60. The number of nitrogens with one attached hydrogen (secondary N) is 1. The largest absolute Gasteiger partial charge is 0.368 e. The molecule has 31 heavy (non-hydrogen) atoms. The smallest absolute Gasteiger partial charge is 0.294 e. The number of rotatable bonds is 7. The third-order valence-electron chi connectivity index (χ3n) is 5.38. The van der Waals surface area contributed by atoms with Crippen molar-refractivity contribution in [3.05, 3.63) is 57.6 Å². The van der Waals surface area contributed by atoms with Gasteiger partial charge in [-0.25, -0.2) is 10.0 Å². The van der Waals surface area contributed by atoms with Crippen LogP contribution in [0, 0.1) is 19.3 Å². The van der Waals surface area contributed by atoms with E-state index in [2.05, 4.69) is 29.2 Å². The monoisotopic (exact) mass is 427 g/mol. The van der Waals surface area contributed by atoms with E-state index in [9.17, 15) is 9.59 Å². The third-order valence-corrected chi connectivity index (χ3v) is 5.38. The van der Waals surface area contributed by atoms with Gasteiger partial charge in [0.15, 0.2) is 5.82 Å². The average molecular weight is 428 g/mol. The van der Waals surface area contributed by atoms with E-state index in [1.54, 1.807) is 13.1 Å². The van der Waals surface area contributed by atoms with Crippen molar-refractivity contribution in [3.63, 3.8) is 0 Å². The molecule has 1 atom stereocenters. The summed E-state index contributed by atoms with van der Waals surface area (Å²) in [4.78, 5) is 36.6. The van der Waals surface area contributed by atoms with Crippen LogP contribution >= 0.6 is 0 Å². The van der Waals surface area contributed by atoms with Crippen molar-refractivity contribution >= 4 is 17.7 Å². The summed E-state index contributed by atoms with van der Waals surface area (Å²) in [6.45, 7) is 4.78. The van der Waals surface area contributed by atoms with Crippen LogP contribution in [-0.2, 0) is 22.6 Å². The van der Waals surface area contributed by atoms with Crippen LogP contribution in [0.5, 0.6) is 0 Å². The first-order valence-electron chi connectivity index (χ1n) is 10.2. The summed E-state index contributed by atoms with van der Waals surface area (Å²) in [7, 11) is 0. The highest BCUT2D eigenvalue weighted by Crippen LogP contribution is 2.19. The number of hydrogen-bond acceptors (Lipinski definition) is 6. The van der Waals surface area contributed by atoms with Gasteiger partial charge < -0.3 is 16.4 Å². The molecule has 1 fully saturated rings. The molecule has 0 saturated carbocycles. The van der Waals surface area contributed by atoms with Gasteiger partial charge in [-0.15, -0.1) is 0 Å². The summed E-state index contributed by atoms with van der Waals surface area (Å²) in [5.41, 5.74) is 13.4. The summed E-state index contributed by atoms with van der Waals surface area (Å²) in [5.74, 6) is -0.488. The Morgan fingerprint density at radius 1 is 1.29 bits per heavy atom. The summed E-state index contributed by atoms with van der Waals surface area (Å²) in [6, 6.07) is 8.11. The zero-order valence-corrected chi connectivity index (χ0v) is 17.9. The summed E-state index contributed by atoms with van der Waals surface area (Å²) >= 11 is 0. The highest BCUT2D eigenvalue weighted by molar-refractivity contribution is 5.74. The van der Waals surface area contributed by atoms with Crippen LogP contribution in [-0.4, -0.2) is 52.2 Å². The second kappa shape index (κ2) is 9.61. The van der Waals surface area contributed by atoms with Crippen molar-refractivity contribution in [2.24, 2.45) is 11.5 Å². The Labute approximate surface area is 180 Å². The molecule has 1 aliphatic heterocycles. The van der Waals surface area contributed by atoms with Gasteiger partial charge in [0.25, 0.3) is 5.56 Å². The lowest BCUT2D eigenvalue weighted by Gasteiger charge is -2.38. The number of carbonyl (C=O) groups excluding carboxylic acids is 1. The van der Waals surface area contributed by atoms with E-state index in [1.165, 1.54) is 15.2 Å². The number of aromatic nitrogens is 2. The molecule has 10 nitrogen and oxygen atoms in total. The van der Waals surface area contributed by atoms with E-state index in [1.807, 2.05) is 11.8 Å². The maximum absolute atomic E-state index is 13.2.